The Morgan fingerprint density at radius 1 is 1.37 bits per heavy atom. The van der Waals surface area contributed by atoms with E-state index < -0.39 is 0 Å². The van der Waals surface area contributed by atoms with Crippen LogP contribution in [-0.2, 0) is 6.54 Å². The van der Waals surface area contributed by atoms with Gasteiger partial charge in [0, 0.05) is 13.1 Å². The second kappa shape index (κ2) is 7.81. The molecule has 0 N–H and O–H groups in total. The number of ether oxygens (including phenoxy) is 1. The van der Waals surface area contributed by atoms with Gasteiger partial charge >= 0.3 is 0 Å². The molecule has 1 rings (SSSR count). The van der Waals surface area contributed by atoms with Gasteiger partial charge in [-0.2, -0.15) is 5.26 Å². The molecule has 1 atom stereocenters. The van der Waals surface area contributed by atoms with Gasteiger partial charge in [-0.25, -0.2) is 0 Å². The van der Waals surface area contributed by atoms with Gasteiger partial charge in [0.15, 0.2) is 0 Å². The largest absolute Gasteiger partial charge is 0.495 e. The van der Waals surface area contributed by atoms with Gasteiger partial charge in [0.25, 0.3) is 0 Å². The minimum atomic E-state index is 0.611. The molecule has 1 aromatic rings. The first-order valence-corrected chi connectivity index (χ1v) is 6.93. The molecular formula is C16H24N2O. The molecule has 3 nitrogen and oxygen atoms in total. The van der Waals surface area contributed by atoms with Crippen molar-refractivity contribution >= 4 is 0 Å². The van der Waals surface area contributed by atoms with E-state index in [1.54, 1.807) is 7.11 Å². The maximum atomic E-state index is 9.11. The van der Waals surface area contributed by atoms with Crippen LogP contribution in [0.15, 0.2) is 18.2 Å². The van der Waals surface area contributed by atoms with Crippen LogP contribution in [0.2, 0.25) is 0 Å². The van der Waals surface area contributed by atoms with Crippen molar-refractivity contribution in [2.45, 2.75) is 33.7 Å². The molecule has 0 aromatic heterocycles. The van der Waals surface area contributed by atoms with Crippen molar-refractivity contribution in [3.63, 3.8) is 0 Å². The van der Waals surface area contributed by atoms with Crippen LogP contribution in [0, 0.1) is 17.2 Å². The van der Waals surface area contributed by atoms with Crippen molar-refractivity contribution < 1.29 is 4.74 Å². The van der Waals surface area contributed by atoms with Crippen molar-refractivity contribution in [3.8, 4) is 11.8 Å². The number of hydrogen-bond donors (Lipinski definition) is 0. The van der Waals surface area contributed by atoms with Crippen molar-refractivity contribution in [3.05, 3.63) is 29.3 Å². The summed E-state index contributed by atoms with van der Waals surface area (Å²) in [6.45, 7) is 9.69. The quantitative estimate of drug-likeness (QED) is 0.753. The molecule has 0 saturated heterocycles. The Morgan fingerprint density at radius 2 is 2.11 bits per heavy atom. The van der Waals surface area contributed by atoms with Gasteiger partial charge in [-0.1, -0.05) is 33.3 Å². The highest BCUT2D eigenvalue weighted by atomic mass is 16.5. The summed E-state index contributed by atoms with van der Waals surface area (Å²) in [7, 11) is 1.59. The Balaban J connectivity index is 2.78. The zero-order chi connectivity index (χ0) is 14.3. The van der Waals surface area contributed by atoms with Crippen molar-refractivity contribution in [1.82, 2.24) is 4.90 Å². The van der Waals surface area contributed by atoms with Crippen LogP contribution in [0.25, 0.3) is 0 Å². The standard InChI is InChI=1S/C16H24N2O/c1-5-13(3)11-18(6-2)12-14-7-8-16(19-4)15(9-14)10-17/h7-9,13H,5-6,11-12H2,1-4H3. The van der Waals surface area contributed by atoms with Crippen molar-refractivity contribution in [2.75, 3.05) is 20.2 Å². The van der Waals surface area contributed by atoms with E-state index in [2.05, 4.69) is 31.7 Å². The first kappa shape index (κ1) is 15.5. The van der Waals surface area contributed by atoms with E-state index in [9.17, 15) is 0 Å². The molecule has 0 amide bonds. The third-order valence-electron chi connectivity index (χ3n) is 3.50. The lowest BCUT2D eigenvalue weighted by Gasteiger charge is -2.24. The second-order valence-corrected chi connectivity index (χ2v) is 4.99. The Labute approximate surface area is 116 Å². The fraction of sp³-hybridized carbons (Fsp3) is 0.562. The summed E-state index contributed by atoms with van der Waals surface area (Å²) in [5.74, 6) is 1.35. The summed E-state index contributed by atoms with van der Waals surface area (Å²) in [6, 6.07) is 8.04. The van der Waals surface area contributed by atoms with Crippen LogP contribution >= 0.6 is 0 Å². The zero-order valence-electron chi connectivity index (χ0n) is 12.4. The first-order chi connectivity index (χ1) is 9.14. The van der Waals surface area contributed by atoms with E-state index in [1.807, 2.05) is 18.2 Å². The highest BCUT2D eigenvalue weighted by Crippen LogP contribution is 2.20. The normalized spacial score (nSPS) is 12.2. The monoisotopic (exact) mass is 260 g/mol. The third-order valence-corrected chi connectivity index (χ3v) is 3.50. The van der Waals surface area contributed by atoms with Gasteiger partial charge < -0.3 is 4.74 Å². The molecule has 104 valence electrons. The van der Waals surface area contributed by atoms with Crippen molar-refractivity contribution in [1.29, 1.82) is 5.26 Å². The lowest BCUT2D eigenvalue weighted by atomic mass is 10.1. The molecule has 0 spiro atoms. The summed E-state index contributed by atoms with van der Waals surface area (Å²) in [5, 5.41) is 9.11. The number of hydrogen-bond acceptors (Lipinski definition) is 3. The molecule has 1 aromatic carbocycles. The minimum absolute atomic E-state index is 0.611. The third kappa shape index (κ3) is 4.57. The molecule has 0 fully saturated rings. The number of methoxy groups -OCH3 is 1. The Bertz CT molecular complexity index is 437. The molecular weight excluding hydrogens is 236 g/mol. The molecule has 3 heteroatoms. The molecule has 19 heavy (non-hydrogen) atoms. The summed E-state index contributed by atoms with van der Waals surface area (Å²) in [6.07, 6.45) is 1.20. The summed E-state index contributed by atoms with van der Waals surface area (Å²) >= 11 is 0. The van der Waals surface area contributed by atoms with E-state index >= 15 is 0 Å². The van der Waals surface area contributed by atoms with Crippen LogP contribution in [0.4, 0.5) is 0 Å². The van der Waals surface area contributed by atoms with Gasteiger partial charge in [-0.15, -0.1) is 0 Å². The van der Waals surface area contributed by atoms with Crippen LogP contribution in [0.1, 0.15) is 38.3 Å². The van der Waals surface area contributed by atoms with E-state index in [1.165, 1.54) is 12.0 Å². The van der Waals surface area contributed by atoms with Crippen LogP contribution in [0.3, 0.4) is 0 Å². The minimum Gasteiger partial charge on any atom is -0.495 e. The zero-order valence-corrected chi connectivity index (χ0v) is 12.4. The molecule has 0 heterocycles. The predicted molar refractivity (Wildman–Crippen MR) is 78.1 cm³/mol. The Hall–Kier alpha value is -1.53. The smallest absolute Gasteiger partial charge is 0.136 e. The topological polar surface area (TPSA) is 36.3 Å². The fourth-order valence-corrected chi connectivity index (χ4v) is 2.07. The summed E-state index contributed by atoms with van der Waals surface area (Å²) < 4.78 is 5.17. The van der Waals surface area contributed by atoms with Gasteiger partial charge in [0.05, 0.1) is 12.7 Å². The average Bonchev–Trinajstić information content (AvgIpc) is 2.45. The Morgan fingerprint density at radius 3 is 2.63 bits per heavy atom. The molecule has 0 aliphatic rings. The van der Waals surface area contributed by atoms with Crippen LogP contribution in [0.5, 0.6) is 5.75 Å². The lowest BCUT2D eigenvalue weighted by Crippen LogP contribution is -2.27. The molecule has 0 aliphatic heterocycles. The van der Waals surface area contributed by atoms with Crippen molar-refractivity contribution in [2.24, 2.45) is 5.92 Å². The van der Waals surface area contributed by atoms with E-state index in [4.69, 9.17) is 10.00 Å². The van der Waals surface area contributed by atoms with Crippen LogP contribution in [-0.4, -0.2) is 25.1 Å². The predicted octanol–water partition coefficient (Wildman–Crippen LogP) is 3.43. The highest BCUT2D eigenvalue weighted by Gasteiger charge is 2.10. The maximum Gasteiger partial charge on any atom is 0.136 e. The Kier molecular flexibility index (Phi) is 6.38. The van der Waals surface area contributed by atoms with E-state index in [0.717, 1.165) is 19.6 Å². The summed E-state index contributed by atoms with van der Waals surface area (Å²) in [4.78, 5) is 2.41. The van der Waals surface area contributed by atoms with Gasteiger partial charge in [0.1, 0.15) is 11.8 Å². The number of nitrogens with zero attached hydrogens (tertiary/aromatic N) is 2. The molecule has 0 bridgehead atoms. The van der Waals surface area contributed by atoms with E-state index in [-0.39, 0.29) is 0 Å². The molecule has 0 aliphatic carbocycles. The highest BCUT2D eigenvalue weighted by molar-refractivity contribution is 5.45. The molecule has 1 unspecified atom stereocenters. The first-order valence-electron chi connectivity index (χ1n) is 6.93. The summed E-state index contributed by atoms with van der Waals surface area (Å²) in [5.41, 5.74) is 1.78. The average molecular weight is 260 g/mol. The SMILES string of the molecule is CCC(C)CN(CC)Cc1ccc(OC)c(C#N)c1. The number of benzene rings is 1. The van der Waals surface area contributed by atoms with Crippen LogP contribution < -0.4 is 4.74 Å². The second-order valence-electron chi connectivity index (χ2n) is 4.99. The van der Waals surface area contributed by atoms with Gasteiger partial charge in [-0.3, -0.25) is 4.90 Å². The van der Waals surface area contributed by atoms with Gasteiger partial charge in [0.2, 0.25) is 0 Å². The number of rotatable bonds is 7. The van der Waals surface area contributed by atoms with Gasteiger partial charge in [-0.05, 0) is 30.2 Å². The molecule has 0 radical (unpaired) electrons. The number of nitriles is 1. The lowest BCUT2D eigenvalue weighted by molar-refractivity contribution is 0.238. The molecule has 0 saturated carbocycles. The fourth-order valence-electron chi connectivity index (χ4n) is 2.07. The maximum absolute atomic E-state index is 9.11. The van der Waals surface area contributed by atoms with E-state index in [0.29, 0.717) is 17.2 Å².